The van der Waals surface area contributed by atoms with Gasteiger partial charge >= 0.3 is 0 Å². The standard InChI is InChI=1S/C20H18N/c1-14-7-3-5-9-17(14)20-12-19-16(13-21(20)2)11-15-8-4-6-10-18(15)19/h3-10,12-13H,11H2,1-2H3/q+1. The first-order chi connectivity index (χ1) is 10.2. The third-order valence-electron chi connectivity index (χ3n) is 4.47. The fourth-order valence-corrected chi connectivity index (χ4v) is 3.37. The van der Waals surface area contributed by atoms with Crippen LogP contribution in [0, 0.1) is 6.92 Å². The van der Waals surface area contributed by atoms with Gasteiger partial charge in [-0.05, 0) is 35.2 Å². The van der Waals surface area contributed by atoms with Crippen LogP contribution in [0.15, 0.2) is 60.8 Å². The number of hydrogen-bond acceptors (Lipinski definition) is 0. The van der Waals surface area contributed by atoms with Crippen molar-refractivity contribution in [2.24, 2.45) is 7.05 Å². The Kier molecular flexibility index (Phi) is 2.68. The van der Waals surface area contributed by atoms with Crippen LogP contribution in [0.3, 0.4) is 0 Å². The smallest absolute Gasteiger partial charge is 0.201 e. The van der Waals surface area contributed by atoms with Crippen LogP contribution in [0.5, 0.6) is 0 Å². The van der Waals surface area contributed by atoms with Gasteiger partial charge in [-0.15, -0.1) is 0 Å². The number of rotatable bonds is 1. The van der Waals surface area contributed by atoms with Gasteiger partial charge in [0.2, 0.25) is 5.69 Å². The van der Waals surface area contributed by atoms with Crippen molar-refractivity contribution in [1.82, 2.24) is 0 Å². The van der Waals surface area contributed by atoms with Crippen molar-refractivity contribution in [1.29, 1.82) is 0 Å². The molecule has 0 aliphatic heterocycles. The van der Waals surface area contributed by atoms with Gasteiger partial charge in [-0.2, -0.15) is 0 Å². The van der Waals surface area contributed by atoms with Crippen LogP contribution in [0.4, 0.5) is 0 Å². The average Bonchev–Trinajstić information content (AvgIpc) is 2.84. The lowest BCUT2D eigenvalue weighted by Crippen LogP contribution is -2.31. The van der Waals surface area contributed by atoms with E-state index in [0.717, 1.165) is 6.42 Å². The van der Waals surface area contributed by atoms with Gasteiger partial charge in [0.25, 0.3) is 0 Å². The average molecular weight is 272 g/mol. The molecule has 1 nitrogen and oxygen atoms in total. The van der Waals surface area contributed by atoms with Gasteiger partial charge in [-0.3, -0.25) is 0 Å². The molecule has 4 rings (SSSR count). The van der Waals surface area contributed by atoms with Gasteiger partial charge in [0.15, 0.2) is 6.20 Å². The summed E-state index contributed by atoms with van der Waals surface area (Å²) in [7, 11) is 2.14. The molecule has 0 radical (unpaired) electrons. The van der Waals surface area contributed by atoms with E-state index in [4.69, 9.17) is 0 Å². The zero-order chi connectivity index (χ0) is 14.4. The number of pyridine rings is 1. The quantitative estimate of drug-likeness (QED) is 0.460. The van der Waals surface area contributed by atoms with Gasteiger partial charge in [-0.1, -0.05) is 42.5 Å². The molecule has 102 valence electrons. The highest BCUT2D eigenvalue weighted by Gasteiger charge is 2.24. The largest absolute Gasteiger partial charge is 0.213 e. The summed E-state index contributed by atoms with van der Waals surface area (Å²) in [5.74, 6) is 0. The van der Waals surface area contributed by atoms with Crippen LogP contribution in [-0.4, -0.2) is 0 Å². The molecule has 1 aliphatic rings. The third kappa shape index (κ3) is 1.89. The molecule has 1 aliphatic carbocycles. The Balaban J connectivity index is 1.96. The zero-order valence-electron chi connectivity index (χ0n) is 12.4. The van der Waals surface area contributed by atoms with Crippen LogP contribution in [0.1, 0.15) is 16.7 Å². The van der Waals surface area contributed by atoms with E-state index in [9.17, 15) is 0 Å². The number of aryl methyl sites for hydroxylation is 2. The van der Waals surface area contributed by atoms with E-state index in [2.05, 4.69) is 79.3 Å². The molecule has 2 aromatic carbocycles. The minimum absolute atomic E-state index is 1.05. The van der Waals surface area contributed by atoms with E-state index in [-0.39, 0.29) is 0 Å². The van der Waals surface area contributed by atoms with E-state index < -0.39 is 0 Å². The van der Waals surface area contributed by atoms with E-state index >= 15 is 0 Å². The van der Waals surface area contributed by atoms with E-state index in [1.165, 1.54) is 39.1 Å². The summed E-state index contributed by atoms with van der Waals surface area (Å²) >= 11 is 0. The summed E-state index contributed by atoms with van der Waals surface area (Å²) in [6.07, 6.45) is 3.34. The maximum absolute atomic E-state index is 2.35. The van der Waals surface area contributed by atoms with Crippen LogP contribution in [-0.2, 0) is 13.5 Å². The van der Waals surface area contributed by atoms with Crippen molar-refractivity contribution in [2.45, 2.75) is 13.3 Å². The lowest BCUT2D eigenvalue weighted by atomic mass is 10.0. The SMILES string of the molecule is Cc1ccccc1-c1cc2c(c[n+]1C)Cc1ccccc1-2. The summed E-state index contributed by atoms with van der Waals surface area (Å²) in [5.41, 5.74) is 9.56. The number of benzene rings is 2. The third-order valence-corrected chi connectivity index (χ3v) is 4.47. The van der Waals surface area contributed by atoms with Gasteiger partial charge in [0, 0.05) is 23.6 Å². The fraction of sp³-hybridized carbons (Fsp3) is 0.150. The van der Waals surface area contributed by atoms with E-state index in [1.54, 1.807) is 0 Å². The normalized spacial score (nSPS) is 12.1. The van der Waals surface area contributed by atoms with Crippen molar-refractivity contribution in [3.05, 3.63) is 77.5 Å². The fourth-order valence-electron chi connectivity index (χ4n) is 3.37. The molecule has 1 heterocycles. The first-order valence-electron chi connectivity index (χ1n) is 7.41. The predicted octanol–water partition coefficient (Wildman–Crippen LogP) is 4.06. The van der Waals surface area contributed by atoms with Crippen LogP contribution >= 0.6 is 0 Å². The highest BCUT2D eigenvalue weighted by molar-refractivity contribution is 5.79. The zero-order valence-corrected chi connectivity index (χ0v) is 12.4. The molecule has 0 atom stereocenters. The molecular weight excluding hydrogens is 254 g/mol. The summed E-state index contributed by atoms with van der Waals surface area (Å²) in [6, 6.07) is 19.7. The van der Waals surface area contributed by atoms with Crippen molar-refractivity contribution in [3.63, 3.8) is 0 Å². The summed E-state index contributed by atoms with van der Waals surface area (Å²) in [4.78, 5) is 0. The van der Waals surface area contributed by atoms with Gasteiger partial charge in [-0.25, -0.2) is 4.57 Å². The Labute approximate surface area is 125 Å². The molecule has 0 unspecified atom stereocenters. The van der Waals surface area contributed by atoms with E-state index in [1.807, 2.05) is 0 Å². The van der Waals surface area contributed by atoms with Crippen LogP contribution in [0.25, 0.3) is 22.4 Å². The minimum atomic E-state index is 1.05. The Morgan fingerprint density at radius 1 is 0.810 bits per heavy atom. The second kappa shape index (κ2) is 4.56. The van der Waals surface area contributed by atoms with Crippen molar-refractivity contribution in [2.75, 3.05) is 0 Å². The summed E-state index contributed by atoms with van der Waals surface area (Å²) in [5, 5.41) is 0. The topological polar surface area (TPSA) is 3.88 Å². The van der Waals surface area contributed by atoms with Crippen LogP contribution in [0.2, 0.25) is 0 Å². The molecule has 0 spiro atoms. The highest BCUT2D eigenvalue weighted by Crippen LogP contribution is 2.37. The van der Waals surface area contributed by atoms with Crippen LogP contribution < -0.4 is 4.57 Å². The molecule has 0 amide bonds. The first-order valence-corrected chi connectivity index (χ1v) is 7.41. The van der Waals surface area contributed by atoms with E-state index in [0.29, 0.717) is 0 Å². The van der Waals surface area contributed by atoms with Gasteiger partial charge in [0.05, 0.1) is 0 Å². The first kappa shape index (κ1) is 12.3. The molecule has 1 heteroatoms. The lowest BCUT2D eigenvalue weighted by Gasteiger charge is -2.07. The second-order valence-corrected chi connectivity index (χ2v) is 5.86. The van der Waals surface area contributed by atoms with Crippen molar-refractivity contribution < 1.29 is 4.57 Å². The lowest BCUT2D eigenvalue weighted by molar-refractivity contribution is -0.660. The molecule has 1 aromatic heterocycles. The summed E-state index contributed by atoms with van der Waals surface area (Å²) in [6.45, 7) is 2.18. The number of nitrogens with zero attached hydrogens (tertiary/aromatic N) is 1. The van der Waals surface area contributed by atoms with Crippen molar-refractivity contribution >= 4 is 0 Å². The maximum Gasteiger partial charge on any atom is 0.213 e. The predicted molar refractivity (Wildman–Crippen MR) is 86.0 cm³/mol. The Bertz CT molecular complexity index is 846. The molecule has 0 saturated carbocycles. The van der Waals surface area contributed by atoms with Crippen molar-refractivity contribution in [3.8, 4) is 22.4 Å². The number of fused-ring (bicyclic) bond motifs is 3. The molecule has 0 fully saturated rings. The maximum atomic E-state index is 2.35. The Hall–Kier alpha value is -2.41. The summed E-state index contributed by atoms with van der Waals surface area (Å²) < 4.78 is 2.26. The Morgan fingerprint density at radius 2 is 1.52 bits per heavy atom. The second-order valence-electron chi connectivity index (χ2n) is 5.86. The monoisotopic (exact) mass is 272 g/mol. The van der Waals surface area contributed by atoms with Gasteiger partial charge < -0.3 is 0 Å². The number of hydrogen-bond donors (Lipinski definition) is 0. The molecule has 0 N–H and O–H groups in total. The Morgan fingerprint density at radius 3 is 2.33 bits per heavy atom. The molecule has 21 heavy (non-hydrogen) atoms. The van der Waals surface area contributed by atoms with Gasteiger partial charge in [0.1, 0.15) is 7.05 Å². The molecular formula is C20H18N+. The number of aromatic nitrogens is 1. The highest BCUT2D eigenvalue weighted by atomic mass is 14.9. The molecule has 0 bridgehead atoms. The molecule has 0 saturated heterocycles. The molecule has 3 aromatic rings. The minimum Gasteiger partial charge on any atom is -0.201 e.